The lowest BCUT2D eigenvalue weighted by Crippen LogP contribution is -2.48. The Hall–Kier alpha value is -1.58. The quantitative estimate of drug-likeness (QED) is 0.741. The van der Waals surface area contributed by atoms with Gasteiger partial charge in [-0.2, -0.15) is 5.26 Å². The number of fused-ring (bicyclic) bond motifs is 2. The smallest absolute Gasteiger partial charge is 0.124 e. The number of nitrogens with zero attached hydrogens (tertiary/aromatic N) is 3. The molecule has 4 rings (SSSR count). The van der Waals surface area contributed by atoms with E-state index in [-0.39, 0.29) is 11.9 Å². The van der Waals surface area contributed by atoms with Crippen molar-refractivity contribution in [2.75, 3.05) is 32.7 Å². The molecule has 0 aromatic heterocycles. The largest absolute Gasteiger partial charge is 0.300 e. The van der Waals surface area contributed by atoms with Gasteiger partial charge in [0.15, 0.2) is 0 Å². The monoisotopic (exact) mass is 401 g/mol. The Bertz CT molecular complexity index is 874. The van der Waals surface area contributed by atoms with Crippen LogP contribution in [0.5, 0.6) is 0 Å². The molecule has 140 valence electrons. The van der Waals surface area contributed by atoms with Crippen molar-refractivity contribution in [1.82, 2.24) is 9.80 Å². The summed E-state index contributed by atoms with van der Waals surface area (Å²) in [6.07, 6.45) is 1.45. The Morgan fingerprint density at radius 1 is 1.11 bits per heavy atom. The summed E-state index contributed by atoms with van der Waals surface area (Å²) in [6.45, 7) is 4.67. The highest BCUT2D eigenvalue weighted by Crippen LogP contribution is 2.43. The van der Waals surface area contributed by atoms with E-state index in [1.54, 1.807) is 23.9 Å². The predicted octanol–water partition coefficient (Wildman–Crippen LogP) is 4.76. The van der Waals surface area contributed by atoms with Crippen molar-refractivity contribution in [2.45, 2.75) is 28.7 Å². The number of piperazine rings is 1. The molecule has 0 bridgehead atoms. The fraction of sp³-hybridized carbons (Fsp3) is 0.381. The summed E-state index contributed by atoms with van der Waals surface area (Å²) in [7, 11) is 0. The second-order valence-electron chi connectivity index (χ2n) is 7.04. The first-order valence-corrected chi connectivity index (χ1v) is 10.4. The molecule has 2 aliphatic rings. The Morgan fingerprint density at radius 2 is 1.93 bits per heavy atom. The molecular weight excluding hydrogens is 381 g/mol. The highest BCUT2D eigenvalue weighted by atomic mass is 35.5. The molecule has 2 aromatic carbocycles. The highest BCUT2D eigenvalue weighted by Gasteiger charge is 2.30. The molecule has 2 heterocycles. The fourth-order valence-electron chi connectivity index (χ4n) is 3.95. The van der Waals surface area contributed by atoms with Gasteiger partial charge in [-0.3, -0.25) is 9.80 Å². The Morgan fingerprint density at radius 3 is 2.70 bits per heavy atom. The Labute approximate surface area is 168 Å². The van der Waals surface area contributed by atoms with Crippen LogP contribution in [0.4, 0.5) is 4.39 Å². The normalized spacial score (nSPS) is 20.4. The van der Waals surface area contributed by atoms with Gasteiger partial charge in [0.2, 0.25) is 0 Å². The number of hydrogen-bond donors (Lipinski definition) is 0. The van der Waals surface area contributed by atoms with Gasteiger partial charge in [0.1, 0.15) is 5.82 Å². The van der Waals surface area contributed by atoms with Crippen molar-refractivity contribution in [3.05, 3.63) is 58.4 Å². The van der Waals surface area contributed by atoms with E-state index in [1.165, 1.54) is 11.1 Å². The van der Waals surface area contributed by atoms with Gasteiger partial charge in [-0.1, -0.05) is 29.4 Å². The standard InChI is InChI=1S/C21H21ClFN3S/c22-16-2-5-20-15(12-16)13-19(18-4-3-17(23)14-21(18)27-20)26-10-8-25(9-11-26)7-1-6-24/h2-5,12,14,19H,1,7-11,13H2/t19-/m1/s1. The summed E-state index contributed by atoms with van der Waals surface area (Å²) in [5.74, 6) is -0.196. The number of hydrogen-bond acceptors (Lipinski definition) is 4. The lowest BCUT2D eigenvalue weighted by molar-refractivity contribution is 0.0957. The van der Waals surface area contributed by atoms with Gasteiger partial charge in [-0.05, 0) is 47.9 Å². The zero-order valence-electron chi connectivity index (χ0n) is 15.0. The second kappa shape index (κ2) is 8.20. The molecule has 0 aliphatic carbocycles. The van der Waals surface area contributed by atoms with Crippen LogP contribution in [0.25, 0.3) is 0 Å². The lowest BCUT2D eigenvalue weighted by atomic mass is 9.96. The van der Waals surface area contributed by atoms with Crippen LogP contribution < -0.4 is 0 Å². The zero-order chi connectivity index (χ0) is 18.8. The molecule has 0 unspecified atom stereocenters. The van der Waals surface area contributed by atoms with E-state index in [1.807, 2.05) is 24.3 Å². The third kappa shape index (κ3) is 4.14. The molecule has 0 radical (unpaired) electrons. The maximum atomic E-state index is 13.9. The van der Waals surface area contributed by atoms with Crippen LogP contribution in [0.1, 0.15) is 23.6 Å². The highest BCUT2D eigenvalue weighted by molar-refractivity contribution is 7.99. The lowest BCUT2D eigenvalue weighted by Gasteiger charge is -2.39. The molecule has 2 aliphatic heterocycles. The van der Waals surface area contributed by atoms with E-state index in [4.69, 9.17) is 16.9 Å². The molecule has 3 nitrogen and oxygen atoms in total. The van der Waals surface area contributed by atoms with Crippen molar-refractivity contribution in [2.24, 2.45) is 0 Å². The molecule has 27 heavy (non-hydrogen) atoms. The molecule has 6 heteroatoms. The van der Waals surface area contributed by atoms with Crippen molar-refractivity contribution in [3.63, 3.8) is 0 Å². The van der Waals surface area contributed by atoms with Crippen LogP contribution in [0, 0.1) is 17.1 Å². The van der Waals surface area contributed by atoms with Gasteiger partial charge >= 0.3 is 0 Å². The average molecular weight is 402 g/mol. The maximum absolute atomic E-state index is 13.9. The second-order valence-corrected chi connectivity index (χ2v) is 8.56. The van der Waals surface area contributed by atoms with Gasteiger partial charge in [0, 0.05) is 60.0 Å². The van der Waals surface area contributed by atoms with Gasteiger partial charge in [-0.25, -0.2) is 4.39 Å². The minimum Gasteiger partial charge on any atom is -0.300 e. The number of benzene rings is 2. The Kier molecular flexibility index (Phi) is 5.70. The van der Waals surface area contributed by atoms with E-state index >= 15 is 0 Å². The average Bonchev–Trinajstić information content (AvgIpc) is 2.82. The van der Waals surface area contributed by atoms with E-state index in [2.05, 4.69) is 15.9 Å². The molecule has 0 amide bonds. The van der Waals surface area contributed by atoms with Gasteiger partial charge in [-0.15, -0.1) is 0 Å². The topological polar surface area (TPSA) is 30.3 Å². The van der Waals surface area contributed by atoms with Crippen LogP contribution in [0.2, 0.25) is 5.02 Å². The first-order valence-electron chi connectivity index (χ1n) is 9.23. The molecule has 2 aromatic rings. The minimum absolute atomic E-state index is 0.196. The number of halogens is 2. The summed E-state index contributed by atoms with van der Waals surface area (Å²) in [4.78, 5) is 6.99. The van der Waals surface area contributed by atoms with Crippen molar-refractivity contribution >= 4 is 23.4 Å². The SMILES string of the molecule is N#CCCN1CCN([C@@H]2Cc3cc(Cl)ccc3Sc3cc(F)ccc32)CC1. The summed E-state index contributed by atoms with van der Waals surface area (Å²) in [5, 5.41) is 9.54. The molecule has 1 fully saturated rings. The maximum Gasteiger partial charge on any atom is 0.124 e. The van der Waals surface area contributed by atoms with E-state index in [9.17, 15) is 4.39 Å². The molecule has 1 atom stereocenters. The van der Waals surface area contributed by atoms with Crippen molar-refractivity contribution in [3.8, 4) is 6.07 Å². The summed E-state index contributed by atoms with van der Waals surface area (Å²) < 4.78 is 13.9. The van der Waals surface area contributed by atoms with E-state index in [0.29, 0.717) is 6.42 Å². The van der Waals surface area contributed by atoms with Crippen LogP contribution in [0.3, 0.4) is 0 Å². The van der Waals surface area contributed by atoms with Gasteiger partial charge in [0.05, 0.1) is 6.07 Å². The van der Waals surface area contributed by atoms with E-state index in [0.717, 1.165) is 54.0 Å². The molecule has 1 saturated heterocycles. The number of nitriles is 1. The van der Waals surface area contributed by atoms with E-state index < -0.39 is 0 Å². The third-order valence-corrected chi connectivity index (χ3v) is 6.80. The van der Waals surface area contributed by atoms with Gasteiger partial charge in [0.25, 0.3) is 0 Å². The first kappa shape index (κ1) is 18.8. The molecule has 0 N–H and O–H groups in total. The van der Waals surface area contributed by atoms with Crippen LogP contribution >= 0.6 is 23.4 Å². The summed E-state index contributed by atoms with van der Waals surface area (Å²) >= 11 is 7.89. The third-order valence-electron chi connectivity index (χ3n) is 5.38. The van der Waals surface area contributed by atoms with Gasteiger partial charge < -0.3 is 0 Å². The minimum atomic E-state index is -0.196. The molecule has 0 saturated carbocycles. The summed E-state index contributed by atoms with van der Waals surface area (Å²) in [6, 6.07) is 13.6. The van der Waals surface area contributed by atoms with Crippen molar-refractivity contribution < 1.29 is 4.39 Å². The predicted molar refractivity (Wildman–Crippen MR) is 107 cm³/mol. The van der Waals surface area contributed by atoms with Crippen LogP contribution in [0.15, 0.2) is 46.2 Å². The van der Waals surface area contributed by atoms with Crippen LogP contribution in [-0.2, 0) is 6.42 Å². The summed E-state index contributed by atoms with van der Waals surface area (Å²) in [5.41, 5.74) is 2.42. The fourth-order valence-corrected chi connectivity index (χ4v) is 5.28. The zero-order valence-corrected chi connectivity index (χ0v) is 16.6. The first-order chi connectivity index (χ1) is 13.1. The molecule has 0 spiro atoms. The van der Waals surface area contributed by atoms with Crippen LogP contribution in [-0.4, -0.2) is 42.5 Å². The molecular formula is C21H21ClFN3S. The Balaban J connectivity index is 1.62. The van der Waals surface area contributed by atoms with Crippen molar-refractivity contribution in [1.29, 1.82) is 5.26 Å². The number of rotatable bonds is 3.